The van der Waals surface area contributed by atoms with E-state index in [1.165, 1.54) is 8.93 Å². The molecule has 4 N–H and O–H groups in total. The topological polar surface area (TPSA) is 83.0 Å². The van der Waals surface area contributed by atoms with E-state index in [1.807, 2.05) is 6.07 Å². The van der Waals surface area contributed by atoms with Gasteiger partial charge in [-0.25, -0.2) is 0 Å². The van der Waals surface area contributed by atoms with E-state index in [4.69, 9.17) is 5.73 Å². The van der Waals surface area contributed by atoms with Gasteiger partial charge in [0.05, 0.1) is 11.4 Å². The molecule has 0 spiro atoms. The second-order valence-corrected chi connectivity index (χ2v) is 8.25. The van der Waals surface area contributed by atoms with Gasteiger partial charge in [-0.15, -0.1) is 0 Å². The average molecular weight is 482 g/mol. The molecular weight excluding hydrogens is 459 g/mol. The minimum Gasteiger partial charge on any atom is -0.506 e. The molecule has 1 aromatic rings. The van der Waals surface area contributed by atoms with Crippen LogP contribution in [0.2, 0.25) is 0 Å². The first-order chi connectivity index (χ1) is 12.4. The van der Waals surface area contributed by atoms with Crippen LogP contribution in [0.5, 0.6) is 5.75 Å². The van der Waals surface area contributed by atoms with Crippen LogP contribution in [0.1, 0.15) is 31.4 Å². The first-order valence-electron chi connectivity index (χ1n) is 8.16. The molecule has 1 aliphatic rings. The van der Waals surface area contributed by atoms with Gasteiger partial charge in [-0.3, -0.25) is 9.98 Å². The number of aliphatic imine (C=N–C) groups is 2. The summed E-state index contributed by atoms with van der Waals surface area (Å²) in [6.45, 7) is 8.60. The SMILES string of the molecule is C=NC1=C(C(N)=NC)C(C)(C)Cc2c1ccc(O)c2NCCC#CSI. The summed E-state index contributed by atoms with van der Waals surface area (Å²) in [6.07, 6.45) is 1.41. The van der Waals surface area contributed by atoms with Crippen molar-refractivity contribution in [3.8, 4) is 16.9 Å². The molecule has 0 unspecified atom stereocenters. The van der Waals surface area contributed by atoms with E-state index < -0.39 is 0 Å². The third kappa shape index (κ3) is 4.18. The highest BCUT2D eigenvalue weighted by atomic mass is 127. The number of phenolic OH excluding ortho intramolecular Hbond substituents is 1. The highest BCUT2D eigenvalue weighted by Gasteiger charge is 2.36. The van der Waals surface area contributed by atoms with Gasteiger partial charge in [0.25, 0.3) is 0 Å². The molecule has 0 atom stereocenters. The Labute approximate surface area is 171 Å². The number of hydrogen-bond donors (Lipinski definition) is 3. The summed E-state index contributed by atoms with van der Waals surface area (Å²) in [5, 5.41) is 16.7. The van der Waals surface area contributed by atoms with Crippen molar-refractivity contribution in [1.29, 1.82) is 0 Å². The van der Waals surface area contributed by atoms with Crippen LogP contribution in [0, 0.1) is 16.6 Å². The molecule has 26 heavy (non-hydrogen) atoms. The van der Waals surface area contributed by atoms with Crippen LogP contribution in [0.25, 0.3) is 5.70 Å². The molecule has 0 amide bonds. The maximum absolute atomic E-state index is 10.4. The molecule has 0 aliphatic heterocycles. The van der Waals surface area contributed by atoms with E-state index in [0.29, 0.717) is 25.2 Å². The lowest BCUT2D eigenvalue weighted by Crippen LogP contribution is -2.33. The lowest BCUT2D eigenvalue weighted by Gasteiger charge is -2.36. The van der Waals surface area contributed by atoms with Crippen molar-refractivity contribution < 1.29 is 5.11 Å². The first kappa shape index (κ1) is 20.6. The zero-order chi connectivity index (χ0) is 19.3. The number of nitrogens with zero attached hydrogens (tertiary/aromatic N) is 2. The number of rotatable bonds is 5. The molecule has 0 aromatic heterocycles. The molecule has 138 valence electrons. The van der Waals surface area contributed by atoms with Gasteiger partial charge in [0, 0.05) is 52.4 Å². The number of halogens is 1. The minimum absolute atomic E-state index is 0.222. The minimum atomic E-state index is -0.283. The standard InChI is InChI=1S/C19H23IN4OS/c1-19(2)11-13-12(17(22-3)15(19)18(21)23-4)7-8-14(25)16(13)24-9-5-6-10-26-20/h7-8,24-25H,3,5,9,11H2,1-2,4H3,(H2,21,23). The zero-order valence-electron chi connectivity index (χ0n) is 15.2. The zero-order valence-corrected chi connectivity index (χ0v) is 18.2. The van der Waals surface area contributed by atoms with Crippen molar-refractivity contribution in [2.24, 2.45) is 21.1 Å². The number of hydrogen-bond acceptors (Lipinski definition) is 5. The van der Waals surface area contributed by atoms with Crippen LogP contribution < -0.4 is 11.1 Å². The van der Waals surface area contributed by atoms with Crippen molar-refractivity contribution >= 4 is 54.1 Å². The predicted molar refractivity (Wildman–Crippen MR) is 122 cm³/mol. The monoisotopic (exact) mass is 482 g/mol. The molecule has 5 nitrogen and oxygen atoms in total. The summed E-state index contributed by atoms with van der Waals surface area (Å²) in [7, 11) is 3.14. The van der Waals surface area contributed by atoms with Crippen LogP contribution in [0.15, 0.2) is 27.7 Å². The molecule has 0 saturated carbocycles. The first-order valence-corrected chi connectivity index (χ1v) is 11.5. The molecule has 0 bridgehead atoms. The number of fused-ring (bicyclic) bond motifs is 1. The van der Waals surface area contributed by atoms with Gasteiger partial charge in [0.15, 0.2) is 0 Å². The maximum atomic E-state index is 10.4. The lowest BCUT2D eigenvalue weighted by molar-refractivity contribution is 0.449. The van der Waals surface area contributed by atoms with Crippen molar-refractivity contribution in [2.75, 3.05) is 18.9 Å². The number of nitrogens with two attached hydrogens (primary N) is 1. The molecule has 0 saturated heterocycles. The van der Waals surface area contributed by atoms with E-state index in [2.05, 4.69) is 68.2 Å². The van der Waals surface area contributed by atoms with Gasteiger partial charge in [-0.05, 0) is 50.4 Å². The summed E-state index contributed by atoms with van der Waals surface area (Å²) in [5.41, 5.74) is 10.2. The van der Waals surface area contributed by atoms with E-state index in [9.17, 15) is 5.11 Å². The molecule has 0 heterocycles. The quantitative estimate of drug-likeness (QED) is 0.147. The Balaban J connectivity index is 2.54. The Hall–Kier alpha value is -1.66. The fourth-order valence-electron chi connectivity index (χ4n) is 3.30. The normalized spacial score (nSPS) is 15.8. The maximum Gasteiger partial charge on any atom is 0.139 e. The predicted octanol–water partition coefficient (Wildman–Crippen LogP) is 4.22. The Morgan fingerprint density at radius 2 is 2.23 bits per heavy atom. The summed E-state index contributed by atoms with van der Waals surface area (Å²) in [4.78, 5) is 8.42. The largest absolute Gasteiger partial charge is 0.506 e. The highest BCUT2D eigenvalue weighted by Crippen LogP contribution is 2.47. The van der Waals surface area contributed by atoms with Crippen LogP contribution in [0.3, 0.4) is 0 Å². The van der Waals surface area contributed by atoms with Gasteiger partial charge in [0.2, 0.25) is 0 Å². The average Bonchev–Trinajstić information content (AvgIpc) is 2.60. The van der Waals surface area contributed by atoms with Crippen LogP contribution in [-0.2, 0) is 6.42 Å². The summed E-state index contributed by atoms with van der Waals surface area (Å²) in [6, 6.07) is 3.54. The molecule has 7 heteroatoms. The molecule has 0 radical (unpaired) electrons. The molecule has 0 fully saturated rings. The Kier molecular flexibility index (Phi) is 7.01. The second-order valence-electron chi connectivity index (χ2n) is 6.57. The fourth-order valence-corrected chi connectivity index (χ4v) is 3.92. The summed E-state index contributed by atoms with van der Waals surface area (Å²) in [5.74, 6) is 3.75. The third-order valence-electron chi connectivity index (χ3n) is 4.40. The van der Waals surface area contributed by atoms with Crippen molar-refractivity contribution in [3.05, 3.63) is 28.8 Å². The number of aromatic hydroxyl groups is 1. The van der Waals surface area contributed by atoms with E-state index >= 15 is 0 Å². The van der Waals surface area contributed by atoms with Crippen molar-refractivity contribution in [3.63, 3.8) is 0 Å². The van der Waals surface area contributed by atoms with Gasteiger partial charge >= 0.3 is 0 Å². The fraction of sp³-hybridized carbons (Fsp3) is 0.368. The van der Waals surface area contributed by atoms with Crippen LogP contribution in [0.4, 0.5) is 5.69 Å². The molecule has 1 aliphatic carbocycles. The smallest absolute Gasteiger partial charge is 0.139 e. The van der Waals surface area contributed by atoms with E-state index in [1.54, 1.807) is 13.1 Å². The molecule has 2 rings (SSSR count). The molecule has 1 aromatic carbocycles. The van der Waals surface area contributed by atoms with Crippen LogP contribution in [-0.4, -0.2) is 31.3 Å². The van der Waals surface area contributed by atoms with Gasteiger partial charge in [-0.1, -0.05) is 19.8 Å². The number of amidine groups is 1. The Morgan fingerprint density at radius 1 is 1.50 bits per heavy atom. The number of phenols is 1. The van der Waals surface area contributed by atoms with Crippen LogP contribution >= 0.6 is 30.1 Å². The van der Waals surface area contributed by atoms with Crippen molar-refractivity contribution in [2.45, 2.75) is 26.7 Å². The molecular formula is C19H23IN4OS. The van der Waals surface area contributed by atoms with Crippen molar-refractivity contribution in [1.82, 2.24) is 0 Å². The summed E-state index contributed by atoms with van der Waals surface area (Å²) >= 11 is 2.15. The number of anilines is 1. The second kappa shape index (κ2) is 8.82. The Morgan fingerprint density at radius 3 is 2.85 bits per heavy atom. The highest BCUT2D eigenvalue weighted by molar-refractivity contribution is 14.2. The van der Waals surface area contributed by atoms with Gasteiger partial charge in [0.1, 0.15) is 11.6 Å². The van der Waals surface area contributed by atoms with E-state index in [0.717, 1.165) is 28.1 Å². The summed E-state index contributed by atoms with van der Waals surface area (Å²) < 4.78 is 0. The van der Waals surface area contributed by atoms with Gasteiger partial charge in [-0.2, -0.15) is 0 Å². The lowest BCUT2D eigenvalue weighted by atomic mass is 9.70. The van der Waals surface area contributed by atoms with E-state index in [-0.39, 0.29) is 11.2 Å². The number of nitrogens with one attached hydrogen (secondary N) is 1. The number of benzene rings is 1. The Bertz CT molecular complexity index is 834. The third-order valence-corrected chi connectivity index (χ3v) is 5.28. The van der Waals surface area contributed by atoms with Gasteiger partial charge < -0.3 is 16.2 Å².